The number of unbranched alkanes of at least 4 members (excludes halogenated alkanes) is 1. The minimum Gasteiger partial charge on any atom is -0.465 e. The molecule has 0 aliphatic rings. The lowest BCUT2D eigenvalue weighted by Crippen LogP contribution is -2.16. The number of carbonyl (C=O) groups is 2. The Morgan fingerprint density at radius 1 is 1.11 bits per heavy atom. The molecule has 1 atom stereocenters. The van der Waals surface area contributed by atoms with Crippen LogP contribution in [0.1, 0.15) is 52.4 Å². The van der Waals surface area contributed by atoms with Gasteiger partial charge in [-0.25, -0.2) is 0 Å². The van der Waals surface area contributed by atoms with E-state index in [1.54, 1.807) is 0 Å². The zero-order valence-electron chi connectivity index (χ0n) is 12.0. The van der Waals surface area contributed by atoms with Gasteiger partial charge in [-0.15, -0.1) is 0 Å². The first-order chi connectivity index (χ1) is 9.13. The van der Waals surface area contributed by atoms with Crippen LogP contribution < -0.4 is 0 Å². The minimum atomic E-state index is -0.496. The van der Waals surface area contributed by atoms with E-state index in [0.717, 1.165) is 25.7 Å². The summed E-state index contributed by atoms with van der Waals surface area (Å²) in [5, 5.41) is 8.50. The highest BCUT2D eigenvalue weighted by molar-refractivity contribution is 5.71. The molecule has 0 rings (SSSR count). The molecule has 0 aromatic carbocycles. The summed E-state index contributed by atoms with van der Waals surface area (Å²) in [4.78, 5) is 22.3. The maximum absolute atomic E-state index is 11.4. The standard InChI is InChI=1S/C14H26O5/c1-3-5-6-12(4-2)11-19-14(17)8-10-18-13(16)7-9-15/h12,15H,3-11H2,1-2H3. The molecule has 5 nitrogen and oxygen atoms in total. The number of hydrogen-bond donors (Lipinski definition) is 1. The zero-order chi connectivity index (χ0) is 14.5. The molecule has 0 saturated heterocycles. The average Bonchev–Trinajstić information content (AvgIpc) is 2.39. The molecular weight excluding hydrogens is 248 g/mol. The molecular formula is C14H26O5. The van der Waals surface area contributed by atoms with Crippen LogP contribution in [-0.2, 0) is 19.1 Å². The van der Waals surface area contributed by atoms with Crippen molar-refractivity contribution in [3.8, 4) is 0 Å². The van der Waals surface area contributed by atoms with Gasteiger partial charge in [-0.05, 0) is 12.3 Å². The van der Waals surface area contributed by atoms with Gasteiger partial charge in [0.1, 0.15) is 6.61 Å². The fourth-order valence-electron chi connectivity index (χ4n) is 1.59. The normalized spacial score (nSPS) is 11.9. The number of esters is 2. The largest absolute Gasteiger partial charge is 0.465 e. The number of rotatable bonds is 11. The molecule has 0 spiro atoms. The van der Waals surface area contributed by atoms with Crippen molar-refractivity contribution in [3.05, 3.63) is 0 Å². The van der Waals surface area contributed by atoms with Gasteiger partial charge in [-0.1, -0.05) is 33.1 Å². The minimum absolute atomic E-state index is 0.0173. The van der Waals surface area contributed by atoms with E-state index in [1.807, 2.05) is 0 Å². The number of ether oxygens (including phenoxy) is 2. The van der Waals surface area contributed by atoms with Crippen molar-refractivity contribution in [2.75, 3.05) is 19.8 Å². The van der Waals surface area contributed by atoms with Gasteiger partial charge in [-0.3, -0.25) is 9.59 Å². The van der Waals surface area contributed by atoms with Crippen LogP contribution in [0.3, 0.4) is 0 Å². The van der Waals surface area contributed by atoms with Gasteiger partial charge >= 0.3 is 11.9 Å². The predicted molar refractivity (Wildman–Crippen MR) is 71.5 cm³/mol. The second kappa shape index (κ2) is 12.0. The average molecular weight is 274 g/mol. The Balaban J connectivity index is 3.64. The van der Waals surface area contributed by atoms with E-state index in [-0.39, 0.29) is 32.0 Å². The molecule has 112 valence electrons. The second-order valence-corrected chi connectivity index (χ2v) is 4.54. The molecule has 0 amide bonds. The van der Waals surface area contributed by atoms with Gasteiger partial charge in [-0.2, -0.15) is 0 Å². The first kappa shape index (κ1) is 17.9. The number of aliphatic hydroxyl groups is 1. The summed E-state index contributed by atoms with van der Waals surface area (Å²) in [6.45, 7) is 4.45. The van der Waals surface area contributed by atoms with Gasteiger partial charge in [0.15, 0.2) is 0 Å². The van der Waals surface area contributed by atoms with Gasteiger partial charge in [0.25, 0.3) is 0 Å². The highest BCUT2D eigenvalue weighted by Crippen LogP contribution is 2.13. The van der Waals surface area contributed by atoms with E-state index in [9.17, 15) is 9.59 Å². The molecule has 0 aromatic rings. The van der Waals surface area contributed by atoms with E-state index in [2.05, 4.69) is 13.8 Å². The molecule has 0 bridgehead atoms. The Hall–Kier alpha value is -1.10. The lowest BCUT2D eigenvalue weighted by Gasteiger charge is -2.14. The summed E-state index contributed by atoms with van der Waals surface area (Å²) in [5.41, 5.74) is 0. The van der Waals surface area contributed by atoms with Crippen molar-refractivity contribution < 1.29 is 24.2 Å². The number of carbonyl (C=O) groups excluding carboxylic acids is 2. The molecule has 19 heavy (non-hydrogen) atoms. The van der Waals surface area contributed by atoms with Crippen molar-refractivity contribution in [3.63, 3.8) is 0 Å². The molecule has 0 fully saturated rings. The summed E-state index contributed by atoms with van der Waals surface area (Å²) in [6, 6.07) is 0. The van der Waals surface area contributed by atoms with E-state index in [4.69, 9.17) is 14.6 Å². The van der Waals surface area contributed by atoms with Crippen LogP contribution in [0, 0.1) is 5.92 Å². The van der Waals surface area contributed by atoms with Crippen LogP contribution in [0.15, 0.2) is 0 Å². The number of aliphatic hydroxyl groups excluding tert-OH is 1. The predicted octanol–water partition coefficient (Wildman–Crippen LogP) is 2.06. The SMILES string of the molecule is CCCCC(CC)COC(=O)CCOC(=O)CCO. The summed E-state index contributed by atoms with van der Waals surface area (Å²) >= 11 is 0. The van der Waals surface area contributed by atoms with Crippen LogP contribution >= 0.6 is 0 Å². The van der Waals surface area contributed by atoms with Crippen molar-refractivity contribution in [1.29, 1.82) is 0 Å². The molecule has 1 N–H and O–H groups in total. The fraction of sp³-hybridized carbons (Fsp3) is 0.857. The van der Waals surface area contributed by atoms with Crippen LogP contribution in [0.25, 0.3) is 0 Å². The molecule has 0 heterocycles. The van der Waals surface area contributed by atoms with Crippen LogP contribution in [0.4, 0.5) is 0 Å². The lowest BCUT2D eigenvalue weighted by atomic mass is 10.0. The zero-order valence-corrected chi connectivity index (χ0v) is 12.0. The Labute approximate surface area is 115 Å². The van der Waals surface area contributed by atoms with Crippen LogP contribution in [0.5, 0.6) is 0 Å². The van der Waals surface area contributed by atoms with Gasteiger partial charge in [0.2, 0.25) is 0 Å². The third kappa shape index (κ3) is 10.5. The highest BCUT2D eigenvalue weighted by Gasteiger charge is 2.10. The Morgan fingerprint density at radius 3 is 2.37 bits per heavy atom. The number of hydrogen-bond acceptors (Lipinski definition) is 5. The fourth-order valence-corrected chi connectivity index (χ4v) is 1.59. The Morgan fingerprint density at radius 2 is 1.79 bits per heavy atom. The molecule has 0 saturated carbocycles. The quantitative estimate of drug-likeness (QED) is 0.584. The van der Waals surface area contributed by atoms with Crippen molar-refractivity contribution in [1.82, 2.24) is 0 Å². The van der Waals surface area contributed by atoms with Crippen LogP contribution in [-0.4, -0.2) is 36.9 Å². The summed E-state index contributed by atoms with van der Waals surface area (Å²) in [5.74, 6) is -0.419. The highest BCUT2D eigenvalue weighted by atomic mass is 16.5. The van der Waals surface area contributed by atoms with Gasteiger partial charge < -0.3 is 14.6 Å². The third-order valence-electron chi connectivity index (χ3n) is 2.91. The smallest absolute Gasteiger partial charge is 0.309 e. The van der Waals surface area contributed by atoms with Gasteiger partial charge in [0.05, 0.1) is 26.1 Å². The molecule has 0 radical (unpaired) electrons. The third-order valence-corrected chi connectivity index (χ3v) is 2.91. The van der Waals surface area contributed by atoms with E-state index < -0.39 is 5.97 Å². The first-order valence-electron chi connectivity index (χ1n) is 7.06. The lowest BCUT2D eigenvalue weighted by molar-refractivity contribution is -0.150. The summed E-state index contributed by atoms with van der Waals surface area (Å²) in [6.07, 6.45) is 4.40. The topological polar surface area (TPSA) is 72.8 Å². The molecule has 5 heteroatoms. The first-order valence-corrected chi connectivity index (χ1v) is 7.06. The second-order valence-electron chi connectivity index (χ2n) is 4.54. The van der Waals surface area contributed by atoms with E-state index in [1.165, 1.54) is 0 Å². The Bertz CT molecular complexity index is 252. The molecule has 0 aliphatic carbocycles. The van der Waals surface area contributed by atoms with Crippen molar-refractivity contribution >= 4 is 11.9 Å². The van der Waals surface area contributed by atoms with E-state index >= 15 is 0 Å². The summed E-state index contributed by atoms with van der Waals surface area (Å²) < 4.78 is 9.91. The van der Waals surface area contributed by atoms with Crippen molar-refractivity contribution in [2.24, 2.45) is 5.92 Å². The molecule has 0 aromatic heterocycles. The maximum atomic E-state index is 11.4. The van der Waals surface area contributed by atoms with Gasteiger partial charge in [0, 0.05) is 0 Å². The van der Waals surface area contributed by atoms with Crippen LogP contribution in [0.2, 0.25) is 0 Å². The molecule has 0 aliphatic heterocycles. The Kier molecular flexibility index (Phi) is 11.3. The monoisotopic (exact) mass is 274 g/mol. The van der Waals surface area contributed by atoms with E-state index in [0.29, 0.717) is 12.5 Å². The van der Waals surface area contributed by atoms with Crippen molar-refractivity contribution in [2.45, 2.75) is 52.4 Å². The molecule has 1 unspecified atom stereocenters. The summed E-state index contributed by atoms with van der Waals surface area (Å²) in [7, 11) is 0. The maximum Gasteiger partial charge on any atom is 0.309 e.